The molecule has 2 saturated heterocycles. The Hall–Kier alpha value is -3.23. The Morgan fingerprint density at radius 1 is 1.26 bits per heavy atom. The summed E-state index contributed by atoms with van der Waals surface area (Å²) in [5, 5.41) is 8.01. The number of nitrogens with one attached hydrogen (secondary N) is 3. The second-order valence-electron chi connectivity index (χ2n) is 10.8. The van der Waals surface area contributed by atoms with Crippen molar-refractivity contribution in [3.05, 3.63) is 35.4 Å². The summed E-state index contributed by atoms with van der Waals surface area (Å²) in [7, 11) is 1.40. The summed E-state index contributed by atoms with van der Waals surface area (Å²) >= 11 is 1.61. The summed E-state index contributed by atoms with van der Waals surface area (Å²) in [6.45, 7) is 5.55. The van der Waals surface area contributed by atoms with Gasteiger partial charge in [-0.25, -0.2) is 4.79 Å². The smallest absolute Gasteiger partial charge is 0.407 e. The van der Waals surface area contributed by atoms with Gasteiger partial charge in [0.2, 0.25) is 11.8 Å². The van der Waals surface area contributed by atoms with Crippen molar-refractivity contribution in [1.29, 1.82) is 0 Å². The maximum absolute atomic E-state index is 14.0. The molecule has 3 N–H and O–H groups in total. The van der Waals surface area contributed by atoms with Crippen LogP contribution in [0.5, 0.6) is 0 Å². The minimum Gasteiger partial charge on any atom is -0.436 e. The number of benzene rings is 1. The third kappa shape index (κ3) is 6.02. The largest absolute Gasteiger partial charge is 0.436 e. The van der Waals surface area contributed by atoms with E-state index in [1.807, 2.05) is 38.1 Å². The van der Waals surface area contributed by atoms with Crippen molar-refractivity contribution in [1.82, 2.24) is 20.9 Å². The number of alkyl carbamates (subject to hydrolysis) is 1. The van der Waals surface area contributed by atoms with Crippen molar-refractivity contribution in [3.63, 3.8) is 0 Å². The van der Waals surface area contributed by atoms with Crippen LogP contribution < -0.4 is 16.0 Å². The van der Waals surface area contributed by atoms with Crippen LogP contribution in [0.2, 0.25) is 0 Å². The number of hydrogen-bond acceptors (Lipinski definition) is 7. The highest BCUT2D eigenvalue weighted by Crippen LogP contribution is 2.46. The van der Waals surface area contributed by atoms with Crippen LogP contribution >= 0.6 is 11.8 Å². The summed E-state index contributed by atoms with van der Waals surface area (Å²) in [5.74, 6) is 1.97. The fraction of sp³-hybridized carbons (Fsp3) is 0.571. The van der Waals surface area contributed by atoms with Crippen molar-refractivity contribution in [3.8, 4) is 12.3 Å². The fourth-order valence-corrected chi connectivity index (χ4v) is 7.26. The van der Waals surface area contributed by atoms with Crippen molar-refractivity contribution in [2.45, 2.75) is 75.7 Å². The van der Waals surface area contributed by atoms with Crippen LogP contribution in [0.4, 0.5) is 4.79 Å². The molecule has 0 saturated carbocycles. The van der Waals surface area contributed by atoms with Gasteiger partial charge in [0.1, 0.15) is 18.7 Å². The minimum atomic E-state index is -1.08. The Bertz CT molecular complexity index is 1170. The minimum absolute atomic E-state index is 0.132. The molecule has 210 valence electrons. The number of nitrogens with zero attached hydrogens (tertiary/aromatic N) is 1. The van der Waals surface area contributed by atoms with Gasteiger partial charge in [0.15, 0.2) is 6.10 Å². The molecule has 0 bridgehead atoms. The maximum Gasteiger partial charge on any atom is 0.407 e. The number of thioether (sulfide) groups is 1. The molecule has 2 fully saturated rings. The maximum atomic E-state index is 14.0. The van der Waals surface area contributed by atoms with Crippen LogP contribution in [0.15, 0.2) is 24.3 Å². The number of ether oxygens (including phenoxy) is 2. The zero-order valence-electron chi connectivity index (χ0n) is 22.7. The third-order valence-corrected chi connectivity index (χ3v) is 8.83. The van der Waals surface area contributed by atoms with Crippen LogP contribution in [0.25, 0.3) is 0 Å². The van der Waals surface area contributed by atoms with Crippen LogP contribution in [0, 0.1) is 17.8 Å². The molecule has 39 heavy (non-hydrogen) atoms. The summed E-state index contributed by atoms with van der Waals surface area (Å²) in [5.41, 5.74) is 1.56. The predicted octanol–water partition coefficient (Wildman–Crippen LogP) is 1.74. The van der Waals surface area contributed by atoms with Crippen LogP contribution in [0.1, 0.15) is 50.8 Å². The molecule has 1 aliphatic carbocycles. The molecule has 10 nitrogen and oxygen atoms in total. The summed E-state index contributed by atoms with van der Waals surface area (Å²) in [6, 6.07) is 5.88. The Balaban J connectivity index is 1.54. The van der Waals surface area contributed by atoms with E-state index in [4.69, 9.17) is 15.9 Å². The molecule has 2 aliphatic heterocycles. The molecule has 4 amide bonds. The summed E-state index contributed by atoms with van der Waals surface area (Å²) in [4.78, 5) is 53.7. The van der Waals surface area contributed by atoms with Gasteiger partial charge in [-0.1, -0.05) is 44.0 Å². The van der Waals surface area contributed by atoms with E-state index in [-0.39, 0.29) is 29.9 Å². The summed E-state index contributed by atoms with van der Waals surface area (Å²) in [6.07, 6.45) is 4.96. The zero-order valence-corrected chi connectivity index (χ0v) is 23.5. The second-order valence-corrected chi connectivity index (χ2v) is 12.0. The topological polar surface area (TPSA) is 126 Å². The third-order valence-electron chi connectivity index (χ3n) is 7.58. The van der Waals surface area contributed by atoms with E-state index in [1.165, 1.54) is 14.0 Å². The first-order valence-electron chi connectivity index (χ1n) is 13.1. The van der Waals surface area contributed by atoms with Crippen LogP contribution in [0.3, 0.4) is 0 Å². The molecule has 0 aromatic heterocycles. The molecule has 4 rings (SSSR count). The van der Waals surface area contributed by atoms with Gasteiger partial charge in [0, 0.05) is 13.5 Å². The van der Waals surface area contributed by atoms with Crippen LogP contribution in [-0.2, 0) is 30.3 Å². The lowest BCUT2D eigenvalue weighted by molar-refractivity contribution is -0.145. The first-order valence-corrected chi connectivity index (χ1v) is 14.2. The van der Waals surface area contributed by atoms with Gasteiger partial charge in [0.05, 0.1) is 17.5 Å². The fourth-order valence-electron chi connectivity index (χ4n) is 5.69. The number of carbonyl (C=O) groups is 4. The Morgan fingerprint density at radius 3 is 2.72 bits per heavy atom. The molecule has 3 aliphatic rings. The Morgan fingerprint density at radius 2 is 2.00 bits per heavy atom. The lowest BCUT2D eigenvalue weighted by Crippen LogP contribution is -2.58. The van der Waals surface area contributed by atoms with Gasteiger partial charge in [-0.15, -0.1) is 18.2 Å². The number of rotatable bonds is 7. The van der Waals surface area contributed by atoms with Crippen molar-refractivity contribution in [2.75, 3.05) is 19.4 Å². The van der Waals surface area contributed by atoms with E-state index < -0.39 is 41.6 Å². The van der Waals surface area contributed by atoms with Gasteiger partial charge in [0.25, 0.3) is 5.91 Å². The van der Waals surface area contributed by atoms with Gasteiger partial charge in [-0.05, 0) is 42.1 Å². The number of hydrogen-bond donors (Lipinski definition) is 3. The molecule has 1 aromatic carbocycles. The van der Waals surface area contributed by atoms with Crippen molar-refractivity contribution < 1.29 is 28.7 Å². The molecule has 0 radical (unpaired) electrons. The van der Waals surface area contributed by atoms with E-state index in [1.54, 1.807) is 16.7 Å². The zero-order chi connectivity index (χ0) is 28.3. The Kier molecular flexibility index (Phi) is 8.76. The number of fused-ring (bicyclic) bond motifs is 2. The lowest BCUT2D eigenvalue weighted by Gasteiger charge is -2.35. The van der Waals surface area contributed by atoms with E-state index in [2.05, 4.69) is 21.9 Å². The molecule has 1 unspecified atom stereocenters. The molecule has 6 atom stereocenters. The first-order chi connectivity index (χ1) is 18.6. The predicted molar refractivity (Wildman–Crippen MR) is 146 cm³/mol. The average Bonchev–Trinajstić information content (AvgIpc) is 3.33. The summed E-state index contributed by atoms with van der Waals surface area (Å²) < 4.78 is 10.9. The van der Waals surface area contributed by atoms with Gasteiger partial charge in [-0.3, -0.25) is 14.4 Å². The van der Waals surface area contributed by atoms with E-state index in [0.29, 0.717) is 25.0 Å². The second kappa shape index (κ2) is 11.9. The quantitative estimate of drug-likeness (QED) is 0.437. The van der Waals surface area contributed by atoms with Crippen molar-refractivity contribution >= 4 is 35.6 Å². The highest BCUT2D eigenvalue weighted by molar-refractivity contribution is 7.99. The number of amides is 4. The van der Waals surface area contributed by atoms with E-state index in [9.17, 15) is 19.2 Å². The average molecular weight is 557 g/mol. The normalized spacial score (nSPS) is 27.8. The number of terminal acetylenes is 1. The van der Waals surface area contributed by atoms with Gasteiger partial charge >= 0.3 is 6.09 Å². The molecule has 1 aromatic rings. The van der Waals surface area contributed by atoms with Gasteiger partial charge < -0.3 is 30.3 Å². The first kappa shape index (κ1) is 28.8. The van der Waals surface area contributed by atoms with E-state index >= 15 is 0 Å². The van der Waals surface area contributed by atoms with Gasteiger partial charge in [-0.2, -0.15) is 0 Å². The number of carbonyl (C=O) groups excluding carboxylic acids is 4. The molecular formula is C28H36N4O6S. The van der Waals surface area contributed by atoms with Crippen molar-refractivity contribution in [2.24, 2.45) is 5.41 Å². The lowest BCUT2D eigenvalue weighted by atomic mass is 9.83. The highest BCUT2D eigenvalue weighted by atomic mass is 32.2. The standard InChI is InChI=1S/C28H36N4O6S/c1-6-12-37-20-14-17-9-7-8-10-18(17)22(20)31-25(34)23-28(3,4)15-21-32(23)26(35)19(11-13-39-21)30-24(33)16(2)38-27(36)29-5/h1,7-10,16,19-23H,11-15H2,2-5H3,(H,29,36)(H,30,33)(H,31,34)/t16?,19-,20+,21-,22-,23+/m0/s1. The Labute approximate surface area is 233 Å². The van der Waals surface area contributed by atoms with Crippen LogP contribution in [-0.4, -0.2) is 77.8 Å². The highest BCUT2D eigenvalue weighted by Gasteiger charge is 2.55. The monoisotopic (exact) mass is 556 g/mol. The molecular weight excluding hydrogens is 520 g/mol. The SMILES string of the molecule is C#CCO[C@@H]1Cc2ccccc2[C@@H]1NC(=O)[C@H]1N2C(=O)[C@@H](NC(=O)C(C)OC(=O)NC)CCS[C@H]2CC1(C)C. The molecule has 2 heterocycles. The van der Waals surface area contributed by atoms with E-state index in [0.717, 1.165) is 11.1 Å². The molecule has 0 spiro atoms. The molecule has 11 heteroatoms.